The molecule has 0 fully saturated rings. The number of ether oxygens (including phenoxy) is 1. The largest absolute Gasteiger partial charge is 0.455 e. The highest BCUT2D eigenvalue weighted by Gasteiger charge is 2.23. The Hall–Kier alpha value is -4.19. The molecule has 0 aliphatic heterocycles. The maximum absolute atomic E-state index is 13.0. The van der Waals surface area contributed by atoms with E-state index in [1.165, 1.54) is 13.0 Å². The Balaban J connectivity index is 1.66. The number of hydrogen-bond donors (Lipinski definition) is 1. The van der Waals surface area contributed by atoms with E-state index < -0.39 is 18.0 Å². The monoisotopic (exact) mass is 427 g/mol. The molecule has 6 heteroatoms. The first-order valence-electron chi connectivity index (χ1n) is 10.1. The molecule has 0 bridgehead atoms. The molecular formula is C26H21NO5. The summed E-state index contributed by atoms with van der Waals surface area (Å²) in [5, 5.41) is 2.97. The molecule has 1 N–H and O–H groups in total. The third kappa shape index (κ3) is 4.16. The second-order valence-electron chi connectivity index (χ2n) is 7.34. The van der Waals surface area contributed by atoms with Crippen molar-refractivity contribution >= 4 is 28.5 Å². The molecule has 0 radical (unpaired) electrons. The Labute approximate surface area is 184 Å². The average Bonchev–Trinajstić information content (AvgIpc) is 2.82. The van der Waals surface area contributed by atoms with E-state index in [1.807, 2.05) is 36.4 Å². The third-order valence-corrected chi connectivity index (χ3v) is 5.10. The van der Waals surface area contributed by atoms with Crippen LogP contribution < -0.4 is 10.7 Å². The number of amides is 1. The van der Waals surface area contributed by atoms with Crippen LogP contribution in [0.4, 0.5) is 5.69 Å². The SMILES string of the molecule is Cc1c(-c2ccccc2)oc2c(C(=O)O[C@H](C)C(=O)Nc3ccccc3)cccc2c1=O. The number of nitrogens with one attached hydrogen (secondary N) is 1. The van der Waals surface area contributed by atoms with Crippen LogP contribution in [0.25, 0.3) is 22.3 Å². The van der Waals surface area contributed by atoms with Crippen LogP contribution in [0.1, 0.15) is 22.8 Å². The summed E-state index contributed by atoms with van der Waals surface area (Å²) in [4.78, 5) is 38.3. The fourth-order valence-electron chi connectivity index (χ4n) is 3.38. The fourth-order valence-corrected chi connectivity index (χ4v) is 3.38. The molecule has 3 aromatic carbocycles. The van der Waals surface area contributed by atoms with Gasteiger partial charge >= 0.3 is 5.97 Å². The van der Waals surface area contributed by atoms with Crippen LogP contribution in [0.3, 0.4) is 0 Å². The lowest BCUT2D eigenvalue weighted by Gasteiger charge is -2.14. The van der Waals surface area contributed by atoms with Crippen molar-refractivity contribution in [3.05, 3.63) is 100 Å². The van der Waals surface area contributed by atoms with Crippen LogP contribution in [0, 0.1) is 6.92 Å². The van der Waals surface area contributed by atoms with Crippen molar-refractivity contribution in [3.63, 3.8) is 0 Å². The highest BCUT2D eigenvalue weighted by Crippen LogP contribution is 2.27. The lowest BCUT2D eigenvalue weighted by atomic mass is 10.0. The zero-order chi connectivity index (χ0) is 22.7. The molecule has 1 atom stereocenters. The molecule has 1 heterocycles. The number of fused-ring (bicyclic) bond motifs is 1. The first-order valence-corrected chi connectivity index (χ1v) is 10.1. The molecule has 1 amide bonds. The molecule has 32 heavy (non-hydrogen) atoms. The number of carbonyl (C=O) groups excluding carboxylic acids is 2. The van der Waals surface area contributed by atoms with Crippen LogP contribution in [0.2, 0.25) is 0 Å². The molecule has 160 valence electrons. The Morgan fingerprint density at radius 3 is 2.25 bits per heavy atom. The Morgan fingerprint density at radius 2 is 1.56 bits per heavy atom. The lowest BCUT2D eigenvalue weighted by molar-refractivity contribution is -0.123. The Morgan fingerprint density at radius 1 is 0.906 bits per heavy atom. The van der Waals surface area contributed by atoms with Crippen LogP contribution in [0.15, 0.2) is 88.1 Å². The van der Waals surface area contributed by atoms with Crippen LogP contribution in [-0.4, -0.2) is 18.0 Å². The Kier molecular flexibility index (Phi) is 5.85. The number of hydrogen-bond acceptors (Lipinski definition) is 5. The molecule has 4 rings (SSSR count). The molecule has 4 aromatic rings. The van der Waals surface area contributed by atoms with E-state index in [0.29, 0.717) is 17.0 Å². The van der Waals surface area contributed by atoms with Gasteiger partial charge in [-0.15, -0.1) is 0 Å². The lowest BCUT2D eigenvalue weighted by Crippen LogP contribution is -2.30. The summed E-state index contributed by atoms with van der Waals surface area (Å²) >= 11 is 0. The zero-order valence-corrected chi connectivity index (χ0v) is 17.6. The summed E-state index contributed by atoms with van der Waals surface area (Å²) in [5.41, 5.74) is 1.75. The normalized spacial score (nSPS) is 11.7. The van der Waals surface area contributed by atoms with Gasteiger partial charge in [-0.05, 0) is 38.1 Å². The van der Waals surface area contributed by atoms with Gasteiger partial charge in [0.15, 0.2) is 17.1 Å². The fraction of sp³-hybridized carbons (Fsp3) is 0.115. The van der Waals surface area contributed by atoms with Gasteiger partial charge in [-0.2, -0.15) is 0 Å². The van der Waals surface area contributed by atoms with Crippen molar-refractivity contribution in [1.29, 1.82) is 0 Å². The highest BCUT2D eigenvalue weighted by molar-refractivity contribution is 6.04. The van der Waals surface area contributed by atoms with Crippen LogP contribution >= 0.6 is 0 Å². The minimum Gasteiger partial charge on any atom is -0.455 e. The van der Waals surface area contributed by atoms with Gasteiger partial charge in [-0.1, -0.05) is 54.6 Å². The maximum Gasteiger partial charge on any atom is 0.342 e. The second-order valence-corrected chi connectivity index (χ2v) is 7.34. The molecule has 1 aromatic heterocycles. The van der Waals surface area contributed by atoms with Gasteiger partial charge in [0.1, 0.15) is 11.3 Å². The summed E-state index contributed by atoms with van der Waals surface area (Å²) in [6, 6.07) is 22.8. The summed E-state index contributed by atoms with van der Waals surface area (Å²) in [5.74, 6) is -0.831. The third-order valence-electron chi connectivity index (χ3n) is 5.10. The van der Waals surface area contributed by atoms with E-state index in [-0.39, 0.29) is 22.0 Å². The van der Waals surface area contributed by atoms with Crippen molar-refractivity contribution in [3.8, 4) is 11.3 Å². The van der Waals surface area contributed by atoms with Gasteiger partial charge in [-0.3, -0.25) is 9.59 Å². The number of carbonyl (C=O) groups is 2. The van der Waals surface area contributed by atoms with E-state index in [0.717, 1.165) is 5.56 Å². The van der Waals surface area contributed by atoms with Gasteiger partial charge in [0.2, 0.25) is 0 Å². The zero-order valence-electron chi connectivity index (χ0n) is 17.6. The van der Waals surface area contributed by atoms with E-state index in [2.05, 4.69) is 5.32 Å². The van der Waals surface area contributed by atoms with Crippen molar-refractivity contribution in [2.24, 2.45) is 0 Å². The minimum absolute atomic E-state index is 0.0798. The van der Waals surface area contributed by atoms with Gasteiger partial charge < -0.3 is 14.5 Å². The number of para-hydroxylation sites is 2. The number of esters is 1. The van der Waals surface area contributed by atoms with Crippen LogP contribution in [0.5, 0.6) is 0 Å². The van der Waals surface area contributed by atoms with Gasteiger partial charge in [0, 0.05) is 16.8 Å². The molecule has 0 spiro atoms. The minimum atomic E-state index is -1.05. The molecular weight excluding hydrogens is 406 g/mol. The number of benzene rings is 3. The molecule has 6 nitrogen and oxygen atoms in total. The predicted molar refractivity (Wildman–Crippen MR) is 123 cm³/mol. The first-order chi connectivity index (χ1) is 15.5. The van der Waals surface area contributed by atoms with Gasteiger partial charge in [0.25, 0.3) is 5.91 Å². The predicted octanol–water partition coefficient (Wildman–Crippen LogP) is 4.95. The molecule has 0 aliphatic rings. The van der Waals surface area contributed by atoms with Gasteiger partial charge in [-0.25, -0.2) is 4.79 Å². The average molecular weight is 427 g/mol. The van der Waals surface area contributed by atoms with E-state index >= 15 is 0 Å². The smallest absolute Gasteiger partial charge is 0.342 e. The molecule has 0 unspecified atom stereocenters. The van der Waals surface area contributed by atoms with Crippen molar-refractivity contribution in [2.75, 3.05) is 5.32 Å². The van der Waals surface area contributed by atoms with E-state index in [4.69, 9.17) is 9.15 Å². The van der Waals surface area contributed by atoms with Crippen molar-refractivity contribution in [2.45, 2.75) is 20.0 Å². The number of rotatable bonds is 5. The summed E-state index contributed by atoms with van der Waals surface area (Å²) in [6.45, 7) is 3.17. The summed E-state index contributed by atoms with van der Waals surface area (Å²) in [6.07, 6.45) is -1.05. The quantitative estimate of drug-likeness (QED) is 0.456. The summed E-state index contributed by atoms with van der Waals surface area (Å²) < 4.78 is 11.4. The van der Waals surface area contributed by atoms with E-state index in [1.54, 1.807) is 43.3 Å². The van der Waals surface area contributed by atoms with Crippen LogP contribution in [-0.2, 0) is 9.53 Å². The van der Waals surface area contributed by atoms with Gasteiger partial charge in [0.05, 0.1) is 5.39 Å². The second kappa shape index (κ2) is 8.89. The first kappa shape index (κ1) is 21.1. The highest BCUT2D eigenvalue weighted by atomic mass is 16.5. The standard InChI is InChI=1S/C26H21NO5/c1-16-22(28)20-14-9-15-21(24(20)32-23(16)18-10-5-3-6-11-18)26(30)31-17(2)25(29)27-19-12-7-4-8-13-19/h3-15,17H,1-2H3,(H,27,29)/t17-/m1/s1. The molecule has 0 saturated heterocycles. The summed E-state index contributed by atoms with van der Waals surface area (Å²) in [7, 11) is 0. The number of anilines is 1. The van der Waals surface area contributed by atoms with Crippen molar-refractivity contribution < 1.29 is 18.7 Å². The molecule has 0 saturated carbocycles. The Bertz CT molecular complexity index is 1340. The maximum atomic E-state index is 13.0. The topological polar surface area (TPSA) is 85.6 Å². The van der Waals surface area contributed by atoms with Crippen molar-refractivity contribution in [1.82, 2.24) is 0 Å². The molecule has 0 aliphatic carbocycles. The van der Waals surface area contributed by atoms with E-state index in [9.17, 15) is 14.4 Å².